The monoisotopic (exact) mass is 319 g/mol. The Labute approximate surface area is 142 Å². The molecule has 0 saturated heterocycles. The Kier molecular flexibility index (Phi) is 4.82. The predicted molar refractivity (Wildman–Crippen MR) is 96.7 cm³/mol. The molecular weight excluding hydrogens is 298 g/mol. The molecular formula is C19H21N5. The van der Waals surface area contributed by atoms with E-state index in [0.717, 1.165) is 23.5 Å². The lowest BCUT2D eigenvalue weighted by Crippen LogP contribution is -2.18. The third-order valence-electron chi connectivity index (χ3n) is 3.79. The highest BCUT2D eigenvalue weighted by molar-refractivity contribution is 5.56. The number of pyridine rings is 1. The van der Waals surface area contributed by atoms with Crippen LogP contribution in [0.25, 0.3) is 11.4 Å². The van der Waals surface area contributed by atoms with E-state index >= 15 is 0 Å². The van der Waals surface area contributed by atoms with Gasteiger partial charge in [-0.05, 0) is 24.1 Å². The Balaban J connectivity index is 1.96. The minimum atomic E-state index is -0.190. The van der Waals surface area contributed by atoms with Crippen molar-refractivity contribution < 1.29 is 0 Å². The second-order valence-electron chi connectivity index (χ2n) is 5.91. The van der Waals surface area contributed by atoms with Gasteiger partial charge in [-0.25, -0.2) is 9.97 Å². The Hall–Kier alpha value is -2.79. The first kappa shape index (κ1) is 16.1. The molecule has 0 spiro atoms. The zero-order chi connectivity index (χ0) is 16.9. The molecule has 0 radical (unpaired) electrons. The highest BCUT2D eigenvalue weighted by Crippen LogP contribution is 2.22. The van der Waals surface area contributed by atoms with Gasteiger partial charge in [0.05, 0.1) is 11.7 Å². The maximum atomic E-state index is 6.42. The maximum Gasteiger partial charge on any atom is 0.163 e. The van der Waals surface area contributed by atoms with E-state index in [1.165, 1.54) is 5.56 Å². The van der Waals surface area contributed by atoms with E-state index in [2.05, 4.69) is 27.1 Å². The molecule has 0 aliphatic carbocycles. The maximum absolute atomic E-state index is 6.42. The van der Waals surface area contributed by atoms with Crippen LogP contribution in [0, 0.1) is 0 Å². The lowest BCUT2D eigenvalue weighted by molar-refractivity contribution is 0.693. The minimum Gasteiger partial charge on any atom is -0.363 e. The highest BCUT2D eigenvalue weighted by atomic mass is 15.1. The summed E-state index contributed by atoms with van der Waals surface area (Å²) in [6, 6.07) is 15.8. The minimum absolute atomic E-state index is 0.190. The number of benzene rings is 1. The van der Waals surface area contributed by atoms with E-state index in [4.69, 9.17) is 5.73 Å². The summed E-state index contributed by atoms with van der Waals surface area (Å²) in [5.74, 6) is 1.48. The summed E-state index contributed by atoms with van der Waals surface area (Å²) in [4.78, 5) is 15.4. The first-order chi connectivity index (χ1) is 11.6. The van der Waals surface area contributed by atoms with Crippen LogP contribution in [0.15, 0.2) is 60.9 Å². The molecule has 1 atom stereocenters. The molecule has 0 bridgehead atoms. The molecule has 3 rings (SSSR count). The van der Waals surface area contributed by atoms with E-state index < -0.39 is 0 Å². The largest absolute Gasteiger partial charge is 0.363 e. The van der Waals surface area contributed by atoms with Crippen molar-refractivity contribution in [3.63, 3.8) is 0 Å². The van der Waals surface area contributed by atoms with Crippen molar-refractivity contribution in [3.8, 4) is 11.4 Å². The Bertz CT molecular complexity index is 787. The lowest BCUT2D eigenvalue weighted by atomic mass is 10.0. The predicted octanol–water partition coefficient (Wildman–Crippen LogP) is 2.85. The molecule has 2 aromatic heterocycles. The van der Waals surface area contributed by atoms with Gasteiger partial charge in [-0.15, -0.1) is 0 Å². The second-order valence-corrected chi connectivity index (χ2v) is 5.91. The quantitative estimate of drug-likeness (QED) is 0.783. The van der Waals surface area contributed by atoms with Crippen molar-refractivity contribution in [1.29, 1.82) is 0 Å². The highest BCUT2D eigenvalue weighted by Gasteiger charge is 2.14. The topological polar surface area (TPSA) is 67.9 Å². The molecule has 0 fully saturated rings. The summed E-state index contributed by atoms with van der Waals surface area (Å²) in [7, 11) is 3.92. The first-order valence-corrected chi connectivity index (χ1v) is 7.89. The van der Waals surface area contributed by atoms with Gasteiger partial charge in [0.1, 0.15) is 5.82 Å². The summed E-state index contributed by atoms with van der Waals surface area (Å²) in [6.45, 7) is 0. The number of nitrogens with two attached hydrogens (primary N) is 1. The van der Waals surface area contributed by atoms with Crippen molar-refractivity contribution in [1.82, 2.24) is 15.0 Å². The van der Waals surface area contributed by atoms with Gasteiger partial charge < -0.3 is 10.6 Å². The number of anilines is 1. The van der Waals surface area contributed by atoms with Crippen LogP contribution in [0.2, 0.25) is 0 Å². The molecule has 122 valence electrons. The third-order valence-corrected chi connectivity index (χ3v) is 3.79. The van der Waals surface area contributed by atoms with Crippen LogP contribution in [-0.4, -0.2) is 29.0 Å². The average Bonchev–Trinajstić information content (AvgIpc) is 2.63. The van der Waals surface area contributed by atoms with Gasteiger partial charge in [0.25, 0.3) is 0 Å². The van der Waals surface area contributed by atoms with Crippen LogP contribution in [0.3, 0.4) is 0 Å². The van der Waals surface area contributed by atoms with Crippen LogP contribution < -0.4 is 10.6 Å². The van der Waals surface area contributed by atoms with Crippen LogP contribution in [0.4, 0.5) is 5.82 Å². The van der Waals surface area contributed by atoms with Gasteiger partial charge >= 0.3 is 0 Å². The summed E-state index contributed by atoms with van der Waals surface area (Å²) in [5.41, 5.74) is 9.32. The average molecular weight is 319 g/mol. The fraction of sp³-hybridized carbons (Fsp3) is 0.211. The van der Waals surface area contributed by atoms with Crippen LogP contribution in [0.5, 0.6) is 0 Å². The lowest BCUT2D eigenvalue weighted by Gasteiger charge is -2.17. The van der Waals surface area contributed by atoms with E-state index in [1.807, 2.05) is 55.4 Å². The molecule has 0 saturated carbocycles. The molecule has 5 heteroatoms. The van der Waals surface area contributed by atoms with Crippen molar-refractivity contribution in [2.75, 3.05) is 19.0 Å². The molecule has 0 aliphatic rings. The van der Waals surface area contributed by atoms with Crippen molar-refractivity contribution in [3.05, 3.63) is 72.2 Å². The molecule has 0 amide bonds. The zero-order valence-electron chi connectivity index (χ0n) is 13.9. The number of rotatable bonds is 5. The van der Waals surface area contributed by atoms with Gasteiger partial charge in [0.15, 0.2) is 5.82 Å². The molecule has 0 aliphatic heterocycles. The molecule has 1 unspecified atom stereocenters. The number of hydrogen-bond donors (Lipinski definition) is 1. The van der Waals surface area contributed by atoms with Crippen LogP contribution in [0.1, 0.15) is 17.3 Å². The van der Waals surface area contributed by atoms with Crippen molar-refractivity contribution in [2.45, 2.75) is 12.5 Å². The smallest absolute Gasteiger partial charge is 0.163 e. The summed E-state index contributed by atoms with van der Waals surface area (Å²) in [5, 5.41) is 0. The Morgan fingerprint density at radius 2 is 1.83 bits per heavy atom. The zero-order valence-corrected chi connectivity index (χ0v) is 13.9. The standard InChI is InChI=1S/C19H21N5/c1-24(2)18-12-17(16(20)11-14-7-4-3-5-8-14)22-19(23-18)15-9-6-10-21-13-15/h3-10,12-13,16H,11,20H2,1-2H3. The molecule has 1 aromatic carbocycles. The summed E-state index contributed by atoms with van der Waals surface area (Å²) < 4.78 is 0. The fourth-order valence-corrected chi connectivity index (χ4v) is 2.47. The van der Waals surface area contributed by atoms with Gasteiger partial charge in [-0.1, -0.05) is 30.3 Å². The third kappa shape index (κ3) is 3.75. The summed E-state index contributed by atoms with van der Waals surface area (Å²) in [6.07, 6.45) is 4.24. The second kappa shape index (κ2) is 7.19. The SMILES string of the molecule is CN(C)c1cc(C(N)Cc2ccccc2)nc(-c2cccnc2)n1. The number of aromatic nitrogens is 3. The molecule has 5 nitrogen and oxygen atoms in total. The van der Waals surface area contributed by atoms with Gasteiger partial charge in [0, 0.05) is 38.1 Å². The summed E-state index contributed by atoms with van der Waals surface area (Å²) >= 11 is 0. The first-order valence-electron chi connectivity index (χ1n) is 7.89. The van der Waals surface area contributed by atoms with E-state index in [1.54, 1.807) is 12.4 Å². The number of hydrogen-bond acceptors (Lipinski definition) is 5. The van der Waals surface area contributed by atoms with Gasteiger partial charge in [-0.3, -0.25) is 4.98 Å². The number of nitrogens with zero attached hydrogens (tertiary/aromatic N) is 4. The molecule has 24 heavy (non-hydrogen) atoms. The van der Waals surface area contributed by atoms with E-state index in [0.29, 0.717) is 5.82 Å². The van der Waals surface area contributed by atoms with E-state index in [9.17, 15) is 0 Å². The molecule has 2 heterocycles. The molecule has 3 aromatic rings. The van der Waals surface area contributed by atoms with E-state index in [-0.39, 0.29) is 6.04 Å². The van der Waals surface area contributed by atoms with Gasteiger partial charge in [0.2, 0.25) is 0 Å². The van der Waals surface area contributed by atoms with Crippen molar-refractivity contribution in [2.24, 2.45) is 5.73 Å². The van der Waals surface area contributed by atoms with Crippen LogP contribution >= 0.6 is 0 Å². The Morgan fingerprint density at radius 3 is 2.50 bits per heavy atom. The van der Waals surface area contributed by atoms with Crippen molar-refractivity contribution >= 4 is 5.82 Å². The van der Waals surface area contributed by atoms with Crippen LogP contribution in [-0.2, 0) is 6.42 Å². The van der Waals surface area contributed by atoms with Gasteiger partial charge in [-0.2, -0.15) is 0 Å². The normalized spacial score (nSPS) is 12.0. The molecule has 2 N–H and O–H groups in total. The fourth-order valence-electron chi connectivity index (χ4n) is 2.47. The Morgan fingerprint density at radius 1 is 1.04 bits per heavy atom.